The SMILES string of the molecule is CCCc1cc(C(=O)O)nc2c3c(nn12)CCCC3. The van der Waals surface area contributed by atoms with E-state index < -0.39 is 5.97 Å². The number of aryl methyl sites for hydroxylation is 3. The standard InChI is InChI=1S/C14H17N3O2/c1-2-5-9-8-12(14(18)19)15-13-10-6-3-4-7-11(10)16-17(9)13/h8H,2-7H2,1H3,(H,18,19). The van der Waals surface area contributed by atoms with Gasteiger partial charge in [0.05, 0.1) is 5.69 Å². The monoisotopic (exact) mass is 259 g/mol. The van der Waals surface area contributed by atoms with Gasteiger partial charge in [-0.1, -0.05) is 13.3 Å². The third kappa shape index (κ3) is 1.99. The van der Waals surface area contributed by atoms with Crippen LogP contribution < -0.4 is 0 Å². The van der Waals surface area contributed by atoms with E-state index in [1.807, 2.05) is 4.52 Å². The molecule has 2 heterocycles. The molecule has 0 spiro atoms. The molecular formula is C14H17N3O2. The predicted molar refractivity (Wildman–Crippen MR) is 70.6 cm³/mol. The molecule has 0 aliphatic heterocycles. The summed E-state index contributed by atoms with van der Waals surface area (Å²) in [6, 6.07) is 1.65. The van der Waals surface area contributed by atoms with Gasteiger partial charge in [-0.05, 0) is 38.2 Å². The van der Waals surface area contributed by atoms with E-state index in [0.717, 1.165) is 61.1 Å². The number of hydrogen-bond donors (Lipinski definition) is 1. The topological polar surface area (TPSA) is 67.5 Å². The largest absolute Gasteiger partial charge is 0.477 e. The van der Waals surface area contributed by atoms with Gasteiger partial charge in [0.2, 0.25) is 0 Å². The van der Waals surface area contributed by atoms with Gasteiger partial charge in [0, 0.05) is 11.3 Å². The first kappa shape index (κ1) is 12.1. The Bertz CT molecular complexity index is 646. The number of aromatic carboxylic acids is 1. The van der Waals surface area contributed by atoms with Crippen LogP contribution in [0.15, 0.2) is 6.07 Å². The Kier molecular flexibility index (Phi) is 2.97. The Morgan fingerprint density at radius 1 is 1.42 bits per heavy atom. The molecule has 0 amide bonds. The lowest BCUT2D eigenvalue weighted by molar-refractivity contribution is 0.0690. The van der Waals surface area contributed by atoms with Gasteiger partial charge in [0.25, 0.3) is 0 Å². The molecule has 19 heavy (non-hydrogen) atoms. The fourth-order valence-corrected chi connectivity index (χ4v) is 2.76. The van der Waals surface area contributed by atoms with Crippen molar-refractivity contribution < 1.29 is 9.90 Å². The molecule has 0 bridgehead atoms. The lowest BCUT2D eigenvalue weighted by Gasteiger charge is -2.08. The quantitative estimate of drug-likeness (QED) is 0.918. The molecule has 0 fully saturated rings. The summed E-state index contributed by atoms with van der Waals surface area (Å²) >= 11 is 0. The van der Waals surface area contributed by atoms with Crippen molar-refractivity contribution in [1.82, 2.24) is 14.6 Å². The maximum atomic E-state index is 11.2. The Hall–Kier alpha value is -1.91. The van der Waals surface area contributed by atoms with Crippen LogP contribution in [0, 0.1) is 0 Å². The van der Waals surface area contributed by atoms with Crippen LogP contribution in [0.4, 0.5) is 0 Å². The van der Waals surface area contributed by atoms with E-state index in [9.17, 15) is 9.90 Å². The molecule has 5 nitrogen and oxygen atoms in total. The average Bonchev–Trinajstić information content (AvgIpc) is 2.78. The van der Waals surface area contributed by atoms with Crippen molar-refractivity contribution in [3.8, 4) is 0 Å². The average molecular weight is 259 g/mol. The van der Waals surface area contributed by atoms with E-state index in [1.165, 1.54) is 0 Å². The number of hydrogen-bond acceptors (Lipinski definition) is 3. The molecule has 5 heteroatoms. The minimum Gasteiger partial charge on any atom is -0.477 e. The summed E-state index contributed by atoms with van der Waals surface area (Å²) in [5.74, 6) is -0.967. The van der Waals surface area contributed by atoms with E-state index in [0.29, 0.717) is 0 Å². The van der Waals surface area contributed by atoms with Gasteiger partial charge < -0.3 is 5.11 Å². The summed E-state index contributed by atoms with van der Waals surface area (Å²) in [4.78, 5) is 15.5. The van der Waals surface area contributed by atoms with Gasteiger partial charge in [-0.2, -0.15) is 5.10 Å². The van der Waals surface area contributed by atoms with Crippen molar-refractivity contribution in [2.45, 2.75) is 45.4 Å². The molecular weight excluding hydrogens is 242 g/mol. The van der Waals surface area contributed by atoms with Crippen molar-refractivity contribution in [1.29, 1.82) is 0 Å². The van der Waals surface area contributed by atoms with Gasteiger partial charge in [0.15, 0.2) is 11.3 Å². The number of carbonyl (C=O) groups is 1. The van der Waals surface area contributed by atoms with Crippen molar-refractivity contribution >= 4 is 11.6 Å². The van der Waals surface area contributed by atoms with E-state index >= 15 is 0 Å². The van der Waals surface area contributed by atoms with Crippen molar-refractivity contribution in [3.05, 3.63) is 28.7 Å². The molecule has 1 aliphatic carbocycles. The normalized spacial score (nSPS) is 14.6. The molecule has 0 saturated heterocycles. The highest BCUT2D eigenvalue weighted by atomic mass is 16.4. The molecule has 1 aliphatic rings. The minimum absolute atomic E-state index is 0.129. The summed E-state index contributed by atoms with van der Waals surface area (Å²) < 4.78 is 1.85. The minimum atomic E-state index is -0.967. The van der Waals surface area contributed by atoms with Gasteiger partial charge >= 0.3 is 5.97 Å². The van der Waals surface area contributed by atoms with Gasteiger partial charge in [-0.25, -0.2) is 14.3 Å². The molecule has 0 atom stereocenters. The lowest BCUT2D eigenvalue weighted by Crippen LogP contribution is -2.08. The van der Waals surface area contributed by atoms with E-state index in [1.54, 1.807) is 6.07 Å². The third-order valence-corrected chi connectivity index (χ3v) is 3.66. The van der Waals surface area contributed by atoms with Crippen LogP contribution in [0.25, 0.3) is 5.65 Å². The highest BCUT2D eigenvalue weighted by Gasteiger charge is 2.21. The number of fused-ring (bicyclic) bond motifs is 3. The van der Waals surface area contributed by atoms with E-state index in [4.69, 9.17) is 0 Å². The first-order chi connectivity index (χ1) is 9.20. The molecule has 0 unspecified atom stereocenters. The highest BCUT2D eigenvalue weighted by Crippen LogP contribution is 2.25. The maximum absolute atomic E-state index is 11.2. The van der Waals surface area contributed by atoms with Crippen LogP contribution >= 0.6 is 0 Å². The molecule has 0 radical (unpaired) electrons. The second-order valence-electron chi connectivity index (χ2n) is 5.06. The van der Waals surface area contributed by atoms with Gasteiger partial charge in [0.1, 0.15) is 0 Å². The molecule has 2 aromatic heterocycles. The number of aromatic nitrogens is 3. The smallest absolute Gasteiger partial charge is 0.354 e. The number of nitrogens with zero attached hydrogens (tertiary/aromatic N) is 3. The predicted octanol–water partition coefficient (Wildman–Crippen LogP) is 2.26. The van der Waals surface area contributed by atoms with Crippen LogP contribution in [0.3, 0.4) is 0 Å². The first-order valence-electron chi connectivity index (χ1n) is 6.84. The summed E-state index contributed by atoms with van der Waals surface area (Å²) in [5, 5.41) is 13.8. The van der Waals surface area contributed by atoms with E-state index in [-0.39, 0.29) is 5.69 Å². The van der Waals surface area contributed by atoms with Crippen LogP contribution in [-0.4, -0.2) is 25.7 Å². The molecule has 3 rings (SSSR count). The molecule has 0 saturated carbocycles. The summed E-state index contributed by atoms with van der Waals surface area (Å²) in [7, 11) is 0. The highest BCUT2D eigenvalue weighted by molar-refractivity contribution is 5.86. The molecule has 2 aromatic rings. The Morgan fingerprint density at radius 3 is 2.95 bits per heavy atom. The van der Waals surface area contributed by atoms with Crippen LogP contribution in [0.5, 0.6) is 0 Å². The fraction of sp³-hybridized carbons (Fsp3) is 0.500. The van der Waals surface area contributed by atoms with Gasteiger partial charge in [-0.15, -0.1) is 0 Å². The third-order valence-electron chi connectivity index (χ3n) is 3.66. The Morgan fingerprint density at radius 2 is 2.21 bits per heavy atom. The number of carboxylic acid groups (broad SMARTS) is 1. The lowest BCUT2D eigenvalue weighted by atomic mass is 9.98. The summed E-state index contributed by atoms with van der Waals surface area (Å²) in [6.07, 6.45) is 6.01. The van der Waals surface area contributed by atoms with Crippen molar-refractivity contribution in [2.24, 2.45) is 0 Å². The zero-order chi connectivity index (χ0) is 13.4. The number of rotatable bonds is 3. The van der Waals surface area contributed by atoms with Gasteiger partial charge in [-0.3, -0.25) is 0 Å². The van der Waals surface area contributed by atoms with Crippen LogP contribution in [0.1, 0.15) is 53.6 Å². The second-order valence-corrected chi connectivity index (χ2v) is 5.06. The van der Waals surface area contributed by atoms with Crippen molar-refractivity contribution in [3.63, 3.8) is 0 Å². The zero-order valence-corrected chi connectivity index (χ0v) is 11.0. The Balaban J connectivity index is 2.26. The van der Waals surface area contributed by atoms with Crippen LogP contribution in [0.2, 0.25) is 0 Å². The fourth-order valence-electron chi connectivity index (χ4n) is 2.76. The molecule has 100 valence electrons. The maximum Gasteiger partial charge on any atom is 0.354 e. The summed E-state index contributed by atoms with van der Waals surface area (Å²) in [5.41, 5.74) is 4.06. The van der Waals surface area contributed by atoms with Crippen molar-refractivity contribution in [2.75, 3.05) is 0 Å². The summed E-state index contributed by atoms with van der Waals surface area (Å²) in [6.45, 7) is 2.08. The second kappa shape index (κ2) is 4.64. The molecule has 1 N–H and O–H groups in total. The number of carboxylic acids is 1. The Labute approximate surface area is 111 Å². The molecule has 0 aromatic carbocycles. The zero-order valence-electron chi connectivity index (χ0n) is 11.0. The first-order valence-corrected chi connectivity index (χ1v) is 6.84. The van der Waals surface area contributed by atoms with E-state index in [2.05, 4.69) is 17.0 Å². The van der Waals surface area contributed by atoms with Crippen LogP contribution in [-0.2, 0) is 19.3 Å².